The fourth-order valence-electron chi connectivity index (χ4n) is 9.15. The topological polar surface area (TPSA) is 124 Å². The number of fused-ring (bicyclic) bond motifs is 5. The summed E-state index contributed by atoms with van der Waals surface area (Å²) >= 11 is 0. The van der Waals surface area contributed by atoms with Gasteiger partial charge in [-0.05, 0) is 81.6 Å². The number of hydrogen-bond donors (Lipinski definition) is 4. The van der Waals surface area contributed by atoms with Crippen molar-refractivity contribution in [2.75, 3.05) is 6.61 Å². The smallest absolute Gasteiger partial charge is 0.336 e. The van der Waals surface area contributed by atoms with Crippen LogP contribution in [0.2, 0.25) is 0 Å². The van der Waals surface area contributed by atoms with E-state index >= 15 is 0 Å². The molecule has 1 heterocycles. The van der Waals surface area contributed by atoms with Crippen molar-refractivity contribution in [3.05, 3.63) is 23.3 Å². The zero-order valence-electron chi connectivity index (χ0n) is 21.3. The van der Waals surface area contributed by atoms with Gasteiger partial charge < -0.3 is 25.2 Å². The van der Waals surface area contributed by atoms with Crippen molar-refractivity contribution in [3.8, 4) is 0 Å². The van der Waals surface area contributed by atoms with E-state index in [-0.39, 0.29) is 42.5 Å². The van der Waals surface area contributed by atoms with Crippen LogP contribution in [0.15, 0.2) is 23.3 Å². The summed E-state index contributed by atoms with van der Waals surface area (Å²) in [6.07, 6.45) is 5.68. The van der Waals surface area contributed by atoms with Gasteiger partial charge in [0.25, 0.3) is 0 Å². The van der Waals surface area contributed by atoms with Crippen LogP contribution < -0.4 is 0 Å². The second kappa shape index (κ2) is 7.98. The number of cyclic esters (lactones) is 1. The number of esters is 1. The van der Waals surface area contributed by atoms with Crippen molar-refractivity contribution in [1.82, 2.24) is 0 Å². The minimum Gasteiger partial charge on any atom is -0.458 e. The Morgan fingerprint density at radius 3 is 2.49 bits per heavy atom. The van der Waals surface area contributed by atoms with Crippen LogP contribution in [0.3, 0.4) is 0 Å². The number of ether oxygens (including phenoxy) is 1. The number of allylic oxidation sites excluding steroid dienone is 1. The third-order valence-electron chi connectivity index (χ3n) is 11.5. The molecule has 3 fully saturated rings. The molecule has 35 heavy (non-hydrogen) atoms. The molecule has 4 aliphatic carbocycles. The van der Waals surface area contributed by atoms with Gasteiger partial charge in [-0.15, -0.1) is 0 Å². The average Bonchev–Trinajstić information content (AvgIpc) is 3.08. The molecule has 0 spiro atoms. The molecule has 0 bridgehead atoms. The molecule has 0 aromatic heterocycles. The van der Waals surface area contributed by atoms with E-state index in [2.05, 4.69) is 6.92 Å². The minimum atomic E-state index is -1.46. The molecule has 0 aromatic carbocycles. The van der Waals surface area contributed by atoms with Gasteiger partial charge in [-0.1, -0.05) is 25.5 Å². The van der Waals surface area contributed by atoms with E-state index in [1.165, 1.54) is 0 Å². The van der Waals surface area contributed by atoms with Crippen LogP contribution in [0.5, 0.6) is 0 Å². The van der Waals surface area contributed by atoms with Gasteiger partial charge in [0.05, 0.1) is 29.3 Å². The lowest BCUT2D eigenvalue weighted by molar-refractivity contribution is -0.241. The number of carbonyl (C=O) groups excluding carboxylic acids is 2. The molecule has 7 nitrogen and oxygen atoms in total. The molecule has 5 rings (SSSR count). The van der Waals surface area contributed by atoms with Crippen molar-refractivity contribution < 1.29 is 34.8 Å². The second-order valence-corrected chi connectivity index (χ2v) is 12.5. The summed E-state index contributed by atoms with van der Waals surface area (Å²) in [6, 6.07) is 0. The highest BCUT2D eigenvalue weighted by molar-refractivity contribution is 5.97. The van der Waals surface area contributed by atoms with Gasteiger partial charge in [-0.2, -0.15) is 0 Å². The van der Waals surface area contributed by atoms with Gasteiger partial charge in [-0.3, -0.25) is 4.79 Å². The Balaban J connectivity index is 1.46. The minimum absolute atomic E-state index is 0.0160. The van der Waals surface area contributed by atoms with Gasteiger partial charge in [0.1, 0.15) is 11.7 Å². The zero-order chi connectivity index (χ0) is 25.6. The van der Waals surface area contributed by atoms with Crippen LogP contribution in [0, 0.1) is 34.5 Å². The molecule has 0 unspecified atom stereocenters. The maximum Gasteiger partial charge on any atom is 0.336 e. The lowest BCUT2D eigenvalue weighted by Crippen LogP contribution is -2.70. The summed E-state index contributed by atoms with van der Waals surface area (Å²) in [6.45, 7) is 7.41. The molecule has 0 saturated heterocycles. The molecular weight excluding hydrogens is 448 g/mol. The summed E-state index contributed by atoms with van der Waals surface area (Å²) in [5, 5.41) is 44.5. The highest BCUT2D eigenvalue weighted by Crippen LogP contribution is 2.69. The fourth-order valence-corrected chi connectivity index (χ4v) is 9.15. The molecule has 10 atom stereocenters. The van der Waals surface area contributed by atoms with E-state index in [0.29, 0.717) is 37.7 Å². The highest BCUT2D eigenvalue weighted by Gasteiger charge is 2.71. The Labute approximate surface area is 207 Å². The second-order valence-electron chi connectivity index (χ2n) is 12.5. The fraction of sp³-hybridized carbons (Fsp3) is 0.786. The summed E-state index contributed by atoms with van der Waals surface area (Å²) in [4.78, 5) is 25.7. The van der Waals surface area contributed by atoms with Crippen LogP contribution in [0.1, 0.15) is 72.6 Å². The van der Waals surface area contributed by atoms with Crippen LogP contribution in [0.25, 0.3) is 0 Å². The number of hydrogen-bond acceptors (Lipinski definition) is 7. The molecule has 0 amide bonds. The Morgan fingerprint density at radius 1 is 1.14 bits per heavy atom. The Morgan fingerprint density at radius 2 is 1.83 bits per heavy atom. The first-order chi connectivity index (χ1) is 16.3. The largest absolute Gasteiger partial charge is 0.458 e. The van der Waals surface area contributed by atoms with Gasteiger partial charge in [0.2, 0.25) is 0 Å². The normalized spacial score (nSPS) is 50.3. The number of aliphatic hydroxyl groups excluding tert-OH is 2. The summed E-state index contributed by atoms with van der Waals surface area (Å²) in [7, 11) is 0. The first-order valence-electron chi connectivity index (χ1n) is 13.2. The monoisotopic (exact) mass is 488 g/mol. The SMILES string of the molecule is CC1=C(CO)C(=O)O[C@@H]([C@@H](C)[C@@]2(O)CC[C@H]3[C@@H]4C[C@@H](O)[C@@]5(O)CC=CC(=O)[C@]5(C)[C@H]4CC[C@@]32C)C1. The molecule has 7 heteroatoms. The number of aliphatic hydroxyl groups is 4. The maximum atomic E-state index is 13.2. The molecule has 194 valence electrons. The lowest BCUT2D eigenvalue weighted by Gasteiger charge is -2.63. The van der Waals surface area contributed by atoms with E-state index in [1.807, 2.05) is 20.8 Å². The maximum absolute atomic E-state index is 13.2. The molecular formula is C28H40O7. The standard InChI is InChI=1S/C28H40O7/c1-15-12-21(35-24(32)18(15)14-29)16(2)27(33)11-8-19-17-13-23(31)28(34)9-5-6-22(30)26(28,4)20(17)7-10-25(19,27)3/h5-6,16-17,19-21,23,29,31,33-34H,7-14H2,1-4H3/t16-,17+,19+,20+,21-,23-,25+,26+,27+,28+/m1/s1. The highest BCUT2D eigenvalue weighted by atomic mass is 16.5. The predicted octanol–water partition coefficient (Wildman–Crippen LogP) is 2.45. The Hall–Kier alpha value is -1.54. The van der Waals surface area contributed by atoms with Crippen molar-refractivity contribution in [3.63, 3.8) is 0 Å². The lowest BCUT2D eigenvalue weighted by atomic mass is 9.42. The zero-order valence-corrected chi connectivity index (χ0v) is 21.3. The van der Waals surface area contributed by atoms with Crippen LogP contribution in [-0.2, 0) is 14.3 Å². The molecule has 4 N–H and O–H groups in total. The van der Waals surface area contributed by atoms with Gasteiger partial charge in [-0.25, -0.2) is 4.79 Å². The molecule has 0 radical (unpaired) electrons. The van der Waals surface area contributed by atoms with Crippen molar-refractivity contribution >= 4 is 11.8 Å². The average molecular weight is 489 g/mol. The van der Waals surface area contributed by atoms with Crippen molar-refractivity contribution in [2.24, 2.45) is 34.5 Å². The van der Waals surface area contributed by atoms with Crippen molar-refractivity contribution in [2.45, 2.75) is 96.1 Å². The van der Waals surface area contributed by atoms with Crippen LogP contribution in [0.4, 0.5) is 0 Å². The van der Waals surface area contributed by atoms with Gasteiger partial charge in [0.15, 0.2) is 5.78 Å². The van der Waals surface area contributed by atoms with E-state index in [4.69, 9.17) is 4.74 Å². The van der Waals surface area contributed by atoms with E-state index in [9.17, 15) is 30.0 Å². The van der Waals surface area contributed by atoms with Gasteiger partial charge in [0, 0.05) is 12.3 Å². The molecule has 5 aliphatic rings. The van der Waals surface area contributed by atoms with Crippen LogP contribution >= 0.6 is 0 Å². The molecule has 3 saturated carbocycles. The molecule has 1 aliphatic heterocycles. The van der Waals surface area contributed by atoms with E-state index in [1.54, 1.807) is 12.2 Å². The third-order valence-corrected chi connectivity index (χ3v) is 11.5. The molecule has 0 aromatic rings. The number of ketones is 1. The van der Waals surface area contributed by atoms with E-state index in [0.717, 1.165) is 12.0 Å². The van der Waals surface area contributed by atoms with Crippen LogP contribution in [-0.4, -0.2) is 62.2 Å². The van der Waals surface area contributed by atoms with Crippen molar-refractivity contribution in [1.29, 1.82) is 0 Å². The predicted molar refractivity (Wildman–Crippen MR) is 128 cm³/mol. The first kappa shape index (κ1) is 25.1. The van der Waals surface area contributed by atoms with Gasteiger partial charge >= 0.3 is 5.97 Å². The summed E-state index contributed by atoms with van der Waals surface area (Å²) in [5.74, 6) is -0.884. The summed E-state index contributed by atoms with van der Waals surface area (Å²) < 4.78 is 5.72. The third kappa shape index (κ3) is 3.04. The quantitative estimate of drug-likeness (QED) is 0.450. The van der Waals surface area contributed by atoms with E-state index < -0.39 is 40.2 Å². The Bertz CT molecular complexity index is 1000. The number of rotatable bonds is 3. The summed E-state index contributed by atoms with van der Waals surface area (Å²) in [5.41, 5.74) is -2.92. The number of carbonyl (C=O) groups is 2. The Kier molecular flexibility index (Phi) is 5.73. The first-order valence-corrected chi connectivity index (χ1v) is 13.2.